The number of aliphatic imine (C=N–C) groups is 1. The second-order valence-electron chi connectivity index (χ2n) is 7.46. The van der Waals surface area contributed by atoms with Gasteiger partial charge in [0.05, 0.1) is 6.26 Å². The highest BCUT2D eigenvalue weighted by Crippen LogP contribution is 2.27. The lowest BCUT2D eigenvalue weighted by atomic mass is 9.85. The van der Waals surface area contributed by atoms with Crippen LogP contribution in [0.2, 0.25) is 0 Å². The summed E-state index contributed by atoms with van der Waals surface area (Å²) in [6.07, 6.45) is 12.0. The van der Waals surface area contributed by atoms with Crippen LogP contribution in [0.3, 0.4) is 0 Å². The van der Waals surface area contributed by atoms with Gasteiger partial charge in [-0.1, -0.05) is 32.1 Å². The molecule has 7 nitrogen and oxygen atoms in total. The zero-order valence-corrected chi connectivity index (χ0v) is 19.2. The summed E-state index contributed by atoms with van der Waals surface area (Å²) in [5, 5.41) is 14.0. The van der Waals surface area contributed by atoms with Crippen molar-refractivity contribution >= 4 is 29.9 Å². The van der Waals surface area contributed by atoms with Crippen LogP contribution in [0.15, 0.2) is 27.8 Å². The molecule has 3 rings (SSSR count). The number of rotatable bonds is 8. The number of aromatic nitrogens is 3. The number of nitrogens with zero attached hydrogens (tertiary/aromatic N) is 3. The van der Waals surface area contributed by atoms with Crippen LogP contribution in [0.5, 0.6) is 0 Å². The third-order valence-electron chi connectivity index (χ3n) is 5.27. The molecule has 156 valence electrons. The van der Waals surface area contributed by atoms with E-state index in [1.807, 2.05) is 19.2 Å². The maximum Gasteiger partial charge on any atom is 0.216 e. The molecule has 1 aliphatic carbocycles. The number of aromatic amines is 1. The summed E-state index contributed by atoms with van der Waals surface area (Å²) >= 11 is 0. The van der Waals surface area contributed by atoms with Crippen molar-refractivity contribution in [1.82, 2.24) is 25.8 Å². The Morgan fingerprint density at radius 3 is 2.89 bits per heavy atom. The minimum Gasteiger partial charge on any atom is -0.461 e. The molecule has 0 bridgehead atoms. The predicted octanol–water partition coefficient (Wildman–Crippen LogP) is 4.14. The van der Waals surface area contributed by atoms with E-state index in [4.69, 9.17) is 4.42 Å². The smallest absolute Gasteiger partial charge is 0.216 e. The van der Waals surface area contributed by atoms with E-state index >= 15 is 0 Å². The monoisotopic (exact) mass is 500 g/mol. The molecular weight excluding hydrogens is 467 g/mol. The van der Waals surface area contributed by atoms with Crippen molar-refractivity contribution in [2.75, 3.05) is 13.6 Å². The molecule has 2 heterocycles. The Bertz CT molecular complexity index is 693. The zero-order chi connectivity index (χ0) is 18.9. The Balaban J connectivity index is 0.00000280. The minimum atomic E-state index is 0. The van der Waals surface area contributed by atoms with E-state index in [2.05, 4.69) is 37.7 Å². The van der Waals surface area contributed by atoms with Crippen LogP contribution in [0.1, 0.15) is 57.7 Å². The first-order chi connectivity index (χ1) is 13.2. The molecule has 3 N–H and O–H groups in total. The van der Waals surface area contributed by atoms with E-state index in [1.54, 1.807) is 6.26 Å². The first-order valence-electron chi connectivity index (χ1n) is 10.2. The molecule has 1 fully saturated rings. The first-order valence-corrected chi connectivity index (χ1v) is 10.2. The van der Waals surface area contributed by atoms with Gasteiger partial charge in [0, 0.05) is 26.1 Å². The molecule has 1 unspecified atom stereocenters. The topological polar surface area (TPSA) is 91.1 Å². The van der Waals surface area contributed by atoms with E-state index in [9.17, 15) is 0 Å². The van der Waals surface area contributed by atoms with Crippen molar-refractivity contribution in [1.29, 1.82) is 0 Å². The molecule has 2 aromatic heterocycles. The van der Waals surface area contributed by atoms with Crippen molar-refractivity contribution in [3.8, 4) is 11.6 Å². The molecule has 0 amide bonds. The Kier molecular flexibility index (Phi) is 9.80. The highest BCUT2D eigenvalue weighted by Gasteiger charge is 2.15. The number of furan rings is 1. The molecule has 8 heteroatoms. The Hall–Kier alpha value is -1.58. The molecule has 28 heavy (non-hydrogen) atoms. The number of nitrogens with one attached hydrogen (secondary N) is 3. The van der Waals surface area contributed by atoms with Gasteiger partial charge in [-0.2, -0.15) is 5.10 Å². The summed E-state index contributed by atoms with van der Waals surface area (Å²) in [7, 11) is 1.81. The van der Waals surface area contributed by atoms with Crippen LogP contribution in [0.4, 0.5) is 0 Å². The summed E-state index contributed by atoms with van der Waals surface area (Å²) in [4.78, 5) is 8.79. The van der Waals surface area contributed by atoms with Gasteiger partial charge >= 0.3 is 0 Å². The molecular formula is C20H33IN6O. The average molecular weight is 500 g/mol. The van der Waals surface area contributed by atoms with E-state index in [0.29, 0.717) is 17.6 Å². The number of hydrogen-bond acceptors (Lipinski definition) is 4. The molecule has 1 saturated carbocycles. The highest BCUT2D eigenvalue weighted by atomic mass is 127. The number of H-pyrrole nitrogens is 1. The van der Waals surface area contributed by atoms with Crippen molar-refractivity contribution in [2.24, 2.45) is 10.9 Å². The van der Waals surface area contributed by atoms with Crippen LogP contribution in [0, 0.1) is 5.92 Å². The van der Waals surface area contributed by atoms with Crippen LogP contribution in [-0.4, -0.2) is 40.8 Å². The Morgan fingerprint density at radius 1 is 1.36 bits per heavy atom. The predicted molar refractivity (Wildman–Crippen MR) is 123 cm³/mol. The van der Waals surface area contributed by atoms with Crippen LogP contribution in [-0.2, 0) is 6.42 Å². The van der Waals surface area contributed by atoms with Gasteiger partial charge in [0.1, 0.15) is 5.82 Å². The lowest BCUT2D eigenvalue weighted by Crippen LogP contribution is -2.43. The molecule has 0 aliphatic heterocycles. The fourth-order valence-electron chi connectivity index (χ4n) is 3.68. The van der Waals surface area contributed by atoms with Crippen LogP contribution >= 0.6 is 24.0 Å². The standard InChI is InChI=1S/C20H32N6O.HI/c1-15(10-11-16-7-4-3-5-8-16)23-20(21-2)22-13-12-18-24-19(26-25-18)17-9-6-14-27-17;/h6,9,14-16H,3-5,7-8,10-13H2,1-2H3,(H2,21,22,23)(H,24,25,26);1H. The molecule has 1 aliphatic rings. The third-order valence-corrected chi connectivity index (χ3v) is 5.27. The van der Waals surface area contributed by atoms with Gasteiger partial charge in [-0.25, -0.2) is 4.98 Å². The quantitative estimate of drug-likeness (QED) is 0.288. The van der Waals surface area contributed by atoms with Crippen LogP contribution in [0.25, 0.3) is 11.6 Å². The van der Waals surface area contributed by atoms with Crippen molar-refractivity contribution in [3.05, 3.63) is 24.2 Å². The lowest BCUT2D eigenvalue weighted by molar-refractivity contribution is 0.322. The molecule has 0 saturated heterocycles. The third kappa shape index (κ3) is 7.10. The second kappa shape index (κ2) is 12.1. The van der Waals surface area contributed by atoms with Gasteiger partial charge in [-0.3, -0.25) is 10.1 Å². The Morgan fingerprint density at radius 2 is 2.18 bits per heavy atom. The van der Waals surface area contributed by atoms with Gasteiger partial charge in [0.25, 0.3) is 0 Å². The van der Waals surface area contributed by atoms with Crippen molar-refractivity contribution < 1.29 is 4.42 Å². The maximum atomic E-state index is 5.31. The van der Waals surface area contributed by atoms with Crippen molar-refractivity contribution in [3.63, 3.8) is 0 Å². The summed E-state index contributed by atoms with van der Waals surface area (Å²) in [6, 6.07) is 4.11. The van der Waals surface area contributed by atoms with Gasteiger partial charge in [-0.05, 0) is 37.8 Å². The molecule has 0 radical (unpaired) electrons. The Labute approximate surface area is 184 Å². The maximum absolute atomic E-state index is 5.31. The molecule has 0 spiro atoms. The van der Waals surface area contributed by atoms with Gasteiger partial charge in [-0.15, -0.1) is 24.0 Å². The number of guanidine groups is 1. The van der Waals surface area contributed by atoms with E-state index in [1.165, 1.54) is 44.9 Å². The first kappa shape index (κ1) is 22.7. The van der Waals surface area contributed by atoms with E-state index in [-0.39, 0.29) is 24.0 Å². The summed E-state index contributed by atoms with van der Waals surface area (Å²) in [5.41, 5.74) is 0. The fraction of sp³-hybridized carbons (Fsp3) is 0.650. The summed E-state index contributed by atoms with van der Waals surface area (Å²) in [6.45, 7) is 2.98. The van der Waals surface area contributed by atoms with Gasteiger partial charge in [0.2, 0.25) is 5.82 Å². The average Bonchev–Trinajstić information content (AvgIpc) is 3.38. The highest BCUT2D eigenvalue weighted by molar-refractivity contribution is 14.0. The molecule has 2 aromatic rings. The molecule has 0 aromatic carbocycles. The van der Waals surface area contributed by atoms with Crippen LogP contribution < -0.4 is 10.6 Å². The summed E-state index contributed by atoms with van der Waals surface area (Å²) in [5.74, 6) is 3.86. The van der Waals surface area contributed by atoms with Gasteiger partial charge < -0.3 is 15.1 Å². The largest absolute Gasteiger partial charge is 0.461 e. The second-order valence-corrected chi connectivity index (χ2v) is 7.46. The van der Waals surface area contributed by atoms with E-state index < -0.39 is 0 Å². The SMILES string of the molecule is CN=C(NCCc1nc(-c2ccco2)n[nH]1)NC(C)CCC1CCCCC1.I. The van der Waals surface area contributed by atoms with E-state index in [0.717, 1.165) is 30.7 Å². The fourth-order valence-corrected chi connectivity index (χ4v) is 3.68. The molecule has 1 atom stereocenters. The van der Waals surface area contributed by atoms with Crippen molar-refractivity contribution in [2.45, 2.75) is 64.3 Å². The lowest BCUT2D eigenvalue weighted by Gasteiger charge is -2.24. The number of hydrogen-bond donors (Lipinski definition) is 3. The zero-order valence-electron chi connectivity index (χ0n) is 16.9. The minimum absolute atomic E-state index is 0. The normalized spacial score (nSPS) is 16.4. The van der Waals surface area contributed by atoms with Gasteiger partial charge in [0.15, 0.2) is 11.7 Å². The number of halogens is 1. The summed E-state index contributed by atoms with van der Waals surface area (Å²) < 4.78 is 5.31.